The minimum Gasteiger partial charge on any atom is -0.339 e. The van der Waals surface area contributed by atoms with Gasteiger partial charge < -0.3 is 10.3 Å². The molecule has 0 bridgehead atoms. The quantitative estimate of drug-likeness (QED) is 0.808. The van der Waals surface area contributed by atoms with Gasteiger partial charge in [-0.2, -0.15) is 0 Å². The molecule has 18 heavy (non-hydrogen) atoms. The second kappa shape index (κ2) is 4.05. The van der Waals surface area contributed by atoms with Gasteiger partial charge in [0.25, 0.3) is 0 Å². The van der Waals surface area contributed by atoms with Gasteiger partial charge in [-0.05, 0) is 31.2 Å². The summed E-state index contributed by atoms with van der Waals surface area (Å²) in [6.07, 6.45) is 10.4. The molecule has 0 spiro atoms. The molecule has 1 saturated heterocycles. The average Bonchev–Trinajstić information content (AvgIpc) is 3.02. The van der Waals surface area contributed by atoms with E-state index in [4.69, 9.17) is 4.98 Å². The van der Waals surface area contributed by atoms with Gasteiger partial charge in [0.05, 0.1) is 23.3 Å². The monoisotopic (exact) mass is 242 g/mol. The molecular weight excluding hydrogens is 224 g/mol. The molecule has 2 aromatic rings. The summed E-state index contributed by atoms with van der Waals surface area (Å²) < 4.78 is 0. The molecule has 2 fully saturated rings. The van der Waals surface area contributed by atoms with Gasteiger partial charge in [-0.1, -0.05) is 12.8 Å². The van der Waals surface area contributed by atoms with Crippen molar-refractivity contribution in [3.63, 3.8) is 0 Å². The molecule has 94 valence electrons. The second-order valence-electron chi connectivity index (χ2n) is 5.62. The molecule has 3 unspecified atom stereocenters. The van der Waals surface area contributed by atoms with Crippen LogP contribution in [0, 0.1) is 5.92 Å². The van der Waals surface area contributed by atoms with E-state index in [-0.39, 0.29) is 0 Å². The van der Waals surface area contributed by atoms with Crippen LogP contribution in [0.5, 0.6) is 0 Å². The van der Waals surface area contributed by atoms with Gasteiger partial charge in [-0.25, -0.2) is 4.98 Å². The van der Waals surface area contributed by atoms with Crippen LogP contribution in [0.25, 0.3) is 11.0 Å². The van der Waals surface area contributed by atoms with Crippen LogP contribution in [0.3, 0.4) is 0 Å². The molecule has 0 amide bonds. The Hall–Kier alpha value is -1.42. The van der Waals surface area contributed by atoms with E-state index in [1.165, 1.54) is 32.1 Å². The molecule has 3 heterocycles. The van der Waals surface area contributed by atoms with Gasteiger partial charge in [0.1, 0.15) is 5.82 Å². The molecule has 2 N–H and O–H groups in total. The van der Waals surface area contributed by atoms with Crippen LogP contribution in [0.15, 0.2) is 18.5 Å². The van der Waals surface area contributed by atoms with Crippen molar-refractivity contribution in [2.24, 2.45) is 5.92 Å². The SMILES string of the molecule is c1cc2nc(C3CC4CCCCC4N3)[nH]c2cn1. The van der Waals surface area contributed by atoms with Crippen LogP contribution in [0.2, 0.25) is 0 Å². The lowest BCUT2D eigenvalue weighted by molar-refractivity contribution is 0.325. The molecule has 1 aliphatic heterocycles. The molecule has 0 aromatic carbocycles. The predicted octanol–water partition coefficient (Wildman–Crippen LogP) is 2.55. The second-order valence-corrected chi connectivity index (χ2v) is 5.62. The van der Waals surface area contributed by atoms with E-state index in [1.54, 1.807) is 6.20 Å². The third kappa shape index (κ3) is 1.63. The highest BCUT2D eigenvalue weighted by atomic mass is 15.1. The maximum atomic E-state index is 4.69. The van der Waals surface area contributed by atoms with Gasteiger partial charge in [-0.15, -0.1) is 0 Å². The van der Waals surface area contributed by atoms with Gasteiger partial charge in [0, 0.05) is 12.2 Å². The van der Waals surface area contributed by atoms with E-state index in [1.807, 2.05) is 12.3 Å². The number of nitrogens with zero attached hydrogens (tertiary/aromatic N) is 2. The third-order valence-electron chi connectivity index (χ3n) is 4.49. The summed E-state index contributed by atoms with van der Waals surface area (Å²) in [5, 5.41) is 3.76. The van der Waals surface area contributed by atoms with E-state index < -0.39 is 0 Å². The van der Waals surface area contributed by atoms with Gasteiger partial charge in [0.2, 0.25) is 0 Å². The molecule has 3 atom stereocenters. The van der Waals surface area contributed by atoms with Crippen molar-refractivity contribution in [2.75, 3.05) is 0 Å². The van der Waals surface area contributed by atoms with Crippen LogP contribution >= 0.6 is 0 Å². The summed E-state index contributed by atoms with van der Waals surface area (Å²) in [6, 6.07) is 3.10. The van der Waals surface area contributed by atoms with Crippen molar-refractivity contribution < 1.29 is 0 Å². The number of nitrogens with one attached hydrogen (secondary N) is 2. The zero-order valence-electron chi connectivity index (χ0n) is 10.4. The molecule has 4 rings (SSSR count). The number of hydrogen-bond acceptors (Lipinski definition) is 3. The lowest BCUT2D eigenvalue weighted by Crippen LogP contribution is -2.30. The normalized spacial score (nSPS) is 31.7. The molecule has 2 aliphatic rings. The first kappa shape index (κ1) is 10.5. The van der Waals surface area contributed by atoms with Crippen molar-refractivity contribution >= 4 is 11.0 Å². The fourth-order valence-corrected chi connectivity index (χ4v) is 3.57. The molecule has 4 heteroatoms. The number of aromatic amines is 1. The summed E-state index contributed by atoms with van der Waals surface area (Å²) in [5.74, 6) is 1.95. The predicted molar refractivity (Wildman–Crippen MR) is 70.1 cm³/mol. The van der Waals surface area contributed by atoms with E-state index >= 15 is 0 Å². The fraction of sp³-hybridized carbons (Fsp3) is 0.571. The molecule has 1 saturated carbocycles. The minimum atomic E-state index is 0.408. The van der Waals surface area contributed by atoms with Crippen LogP contribution in [0.1, 0.15) is 44.0 Å². The summed E-state index contributed by atoms with van der Waals surface area (Å²) in [7, 11) is 0. The maximum Gasteiger partial charge on any atom is 0.124 e. The Morgan fingerprint density at radius 3 is 3.06 bits per heavy atom. The topological polar surface area (TPSA) is 53.6 Å². The number of rotatable bonds is 1. The lowest BCUT2D eigenvalue weighted by Gasteiger charge is -2.24. The van der Waals surface area contributed by atoms with E-state index in [0.29, 0.717) is 6.04 Å². The van der Waals surface area contributed by atoms with Crippen molar-refractivity contribution in [1.82, 2.24) is 20.3 Å². The van der Waals surface area contributed by atoms with Gasteiger partial charge >= 0.3 is 0 Å². The molecule has 2 aromatic heterocycles. The molecule has 4 nitrogen and oxygen atoms in total. The largest absolute Gasteiger partial charge is 0.339 e. The minimum absolute atomic E-state index is 0.408. The smallest absolute Gasteiger partial charge is 0.124 e. The third-order valence-corrected chi connectivity index (χ3v) is 4.49. The first-order valence-corrected chi connectivity index (χ1v) is 6.96. The first-order valence-electron chi connectivity index (χ1n) is 6.96. The Morgan fingerprint density at radius 1 is 1.22 bits per heavy atom. The Balaban J connectivity index is 1.63. The number of pyridine rings is 1. The Kier molecular flexibility index (Phi) is 2.36. The average molecular weight is 242 g/mol. The lowest BCUT2D eigenvalue weighted by atomic mass is 9.85. The Morgan fingerprint density at radius 2 is 2.17 bits per heavy atom. The highest BCUT2D eigenvalue weighted by molar-refractivity contribution is 5.73. The zero-order chi connectivity index (χ0) is 11.9. The number of imidazole rings is 1. The van der Waals surface area contributed by atoms with Crippen LogP contribution in [-0.2, 0) is 0 Å². The molecule has 0 radical (unpaired) electrons. The standard InChI is InChI=1S/C14H18N4/c1-2-4-10-9(3-1)7-12(16-10)14-17-11-5-6-15-8-13(11)18-14/h5-6,8-10,12,16H,1-4,7H2,(H,17,18). The summed E-state index contributed by atoms with van der Waals surface area (Å²) in [5.41, 5.74) is 2.07. The Labute approximate surface area is 106 Å². The maximum absolute atomic E-state index is 4.69. The number of fused-ring (bicyclic) bond motifs is 2. The number of H-pyrrole nitrogens is 1. The van der Waals surface area contributed by atoms with Crippen molar-refractivity contribution in [3.8, 4) is 0 Å². The highest BCUT2D eigenvalue weighted by Crippen LogP contribution is 2.38. The fourth-order valence-electron chi connectivity index (χ4n) is 3.57. The number of aromatic nitrogens is 3. The Bertz CT molecular complexity index is 515. The molecule has 1 aliphatic carbocycles. The van der Waals surface area contributed by atoms with Gasteiger partial charge in [-0.3, -0.25) is 4.98 Å². The number of hydrogen-bond donors (Lipinski definition) is 2. The summed E-state index contributed by atoms with van der Waals surface area (Å²) in [4.78, 5) is 12.2. The van der Waals surface area contributed by atoms with Crippen molar-refractivity contribution in [3.05, 3.63) is 24.3 Å². The van der Waals surface area contributed by atoms with Crippen LogP contribution in [-0.4, -0.2) is 21.0 Å². The molecular formula is C14H18N4. The first-order chi connectivity index (χ1) is 8.90. The van der Waals surface area contributed by atoms with E-state index in [9.17, 15) is 0 Å². The van der Waals surface area contributed by atoms with E-state index in [0.717, 1.165) is 28.8 Å². The van der Waals surface area contributed by atoms with Gasteiger partial charge in [0.15, 0.2) is 0 Å². The summed E-state index contributed by atoms with van der Waals surface area (Å²) >= 11 is 0. The van der Waals surface area contributed by atoms with Crippen LogP contribution in [0.4, 0.5) is 0 Å². The van der Waals surface area contributed by atoms with Crippen LogP contribution < -0.4 is 5.32 Å². The zero-order valence-corrected chi connectivity index (χ0v) is 10.4. The van der Waals surface area contributed by atoms with Crippen molar-refractivity contribution in [1.29, 1.82) is 0 Å². The van der Waals surface area contributed by atoms with E-state index in [2.05, 4.69) is 15.3 Å². The summed E-state index contributed by atoms with van der Waals surface area (Å²) in [6.45, 7) is 0. The highest BCUT2D eigenvalue weighted by Gasteiger charge is 2.36. The van der Waals surface area contributed by atoms with Crippen molar-refractivity contribution in [2.45, 2.75) is 44.2 Å².